The number of aromatic amines is 4. The van der Waals surface area contributed by atoms with Gasteiger partial charge >= 0.3 is 29.8 Å². The minimum absolute atomic E-state index is 0.0514. The van der Waals surface area contributed by atoms with Gasteiger partial charge in [0.05, 0.1) is 114 Å². The molecule has 16 aromatic rings. The van der Waals surface area contributed by atoms with E-state index in [0.29, 0.717) is 102 Å². The minimum Gasteiger partial charge on any atom is -0.481 e. The Balaban J connectivity index is 0.000000113. The molecule has 0 spiro atoms. The van der Waals surface area contributed by atoms with Gasteiger partial charge in [0.2, 0.25) is 0 Å². The quantitative estimate of drug-likeness (QED) is 0.0227. The van der Waals surface area contributed by atoms with Crippen LogP contribution in [0.4, 0.5) is 35.1 Å². The molecule has 16 heterocycles. The van der Waals surface area contributed by atoms with E-state index in [9.17, 15) is 67.1 Å². The number of thiophene rings is 1. The molecule has 29 rings (SSSR count). The monoisotopic (exact) mass is 2070 g/mol. The van der Waals surface area contributed by atoms with Crippen LogP contribution in [-0.4, -0.2) is 178 Å². The zero-order valence-electron chi connectivity index (χ0n) is 82.0. The van der Waals surface area contributed by atoms with Crippen molar-refractivity contribution in [3.05, 3.63) is 197 Å². The van der Waals surface area contributed by atoms with Gasteiger partial charge in [-0.25, -0.2) is 99.7 Å². The van der Waals surface area contributed by atoms with E-state index in [-0.39, 0.29) is 171 Å². The molecule has 150 heavy (non-hydrogen) atoms. The number of rotatable bonds is 26. The summed E-state index contributed by atoms with van der Waals surface area (Å²) < 4.78 is 130. The Kier molecular flexibility index (Phi) is 27.0. The van der Waals surface area contributed by atoms with Gasteiger partial charge in [-0.2, -0.15) is 15.3 Å². The standard InChI is InChI=1S/C28H28F2N6O4.C27H28F2N6O3.C27H26F2N6O2.C26H24F2N4O2S/c1-28(2,27(39)40)36-12-15(9-33-36)23-22(30)20(8-17-13-3-5-14(6-4-13)21(17)26(37)38)34-25(35-23)19-11-32-24-18(19)7-16(29)10-31-24;1-38-7-6-35-13-16(10-32-35)24-23(29)21(9-18-14-2-4-15(5-3-14)22(18)27(36)37)33-26(34-24)20-12-31-25-19(20)8-17(28)11-30-25;28-16-7-19-20(11-31-25(19)30-10-16)26-33-21(8-18-13-1-3-14(4-2-13)22(18)27(36)37)23(29)24(34-26)15-9-32-35(12-15)17-5-6-17;1-12-6-20(35-11-12)23-22(28)19(8-16-13-2-4-14(5-3-13)21(16)26(33)34)31-25(32-23)18-10-30-24-17(18)7-15(27)9-29-24/h7,9-14,17,21H,3-6,8H2,1-2H3,(H,31,32)(H,37,38)(H,39,40);8,10-15,18,22H,2-7,9H2,1H3,(H,30,31)(H,36,37);7,9-14,17-18,22H,1-6,8H2,(H,30,31)(H,36,37);6-7,9-11,13-14,16,21H,2-5,8H2,1H3,(H,29,30)(H,33,34). The van der Waals surface area contributed by atoms with Crippen LogP contribution >= 0.6 is 11.3 Å². The van der Waals surface area contributed by atoms with Crippen LogP contribution in [0.1, 0.15) is 164 Å². The minimum atomic E-state index is -1.40. The molecule has 776 valence electrons. The van der Waals surface area contributed by atoms with Crippen LogP contribution in [0.5, 0.6) is 0 Å². The Morgan fingerprint density at radius 2 is 0.693 bits per heavy atom. The lowest BCUT2D eigenvalue weighted by Gasteiger charge is -2.46. The van der Waals surface area contributed by atoms with Gasteiger partial charge in [-0.05, 0) is 274 Å². The lowest BCUT2D eigenvalue weighted by molar-refractivity contribution is -0.153. The number of methoxy groups -OCH3 is 1. The van der Waals surface area contributed by atoms with E-state index in [0.717, 1.165) is 146 Å². The van der Waals surface area contributed by atoms with E-state index in [4.69, 9.17) is 4.74 Å². The van der Waals surface area contributed by atoms with E-state index >= 15 is 17.6 Å². The van der Waals surface area contributed by atoms with Gasteiger partial charge in [-0.3, -0.25) is 33.2 Å². The summed E-state index contributed by atoms with van der Waals surface area (Å²) in [5.74, 6) is -9.68. The van der Waals surface area contributed by atoms with Crippen molar-refractivity contribution in [3.63, 3.8) is 0 Å². The summed E-state index contributed by atoms with van der Waals surface area (Å²) in [5, 5.41) is 66.4. The summed E-state index contributed by atoms with van der Waals surface area (Å²) in [6, 6.07) is 7.54. The maximum absolute atomic E-state index is 16.2. The Morgan fingerprint density at radius 1 is 0.387 bits per heavy atom. The topological polar surface area (TPSA) is 467 Å². The van der Waals surface area contributed by atoms with Gasteiger partial charge in [0.25, 0.3) is 0 Å². The van der Waals surface area contributed by atoms with Crippen LogP contribution in [0.25, 0.3) is 134 Å². The molecule has 33 nitrogen and oxygen atoms in total. The fourth-order valence-corrected chi connectivity index (χ4v) is 26.4. The smallest absolute Gasteiger partial charge is 0.331 e. The summed E-state index contributed by atoms with van der Waals surface area (Å²) >= 11 is 1.40. The average molecular weight is 2070 g/mol. The van der Waals surface area contributed by atoms with E-state index in [1.54, 1.807) is 55.2 Å². The molecule has 13 aliphatic carbocycles. The number of aryl methyl sites for hydroxylation is 1. The van der Waals surface area contributed by atoms with E-state index < -0.39 is 106 Å². The number of carbonyl (C=O) groups is 5. The molecule has 42 heteroatoms. The maximum atomic E-state index is 16.2. The van der Waals surface area contributed by atoms with Gasteiger partial charge < -0.3 is 50.2 Å². The van der Waals surface area contributed by atoms with Crippen LogP contribution in [0.2, 0.25) is 0 Å². The summed E-state index contributed by atoms with van der Waals surface area (Å²) in [7, 11) is 1.59. The lowest BCUT2D eigenvalue weighted by atomic mass is 9.57. The Morgan fingerprint density at radius 3 is 1.01 bits per heavy atom. The maximum Gasteiger partial charge on any atom is 0.331 e. The van der Waals surface area contributed by atoms with Crippen LogP contribution in [0, 0.1) is 148 Å². The highest BCUT2D eigenvalue weighted by Gasteiger charge is 2.53. The molecule has 9 N–H and O–H groups in total. The van der Waals surface area contributed by atoms with Crippen molar-refractivity contribution < 1.29 is 89.4 Å². The van der Waals surface area contributed by atoms with Gasteiger partial charge in [0.15, 0.2) is 52.1 Å². The fourth-order valence-electron chi connectivity index (χ4n) is 25.5. The first-order valence-electron chi connectivity index (χ1n) is 50.9. The number of nitrogens with zero attached hydrogens (tertiary/aromatic N) is 18. The molecular formula is C108H106F8N22O11S. The number of nitrogens with one attached hydrogen (secondary N) is 4. The number of H-pyrrole nitrogens is 4. The number of fused-ring (bicyclic) bond motifs is 16. The lowest BCUT2D eigenvalue weighted by Crippen LogP contribution is -2.45. The highest BCUT2D eigenvalue weighted by molar-refractivity contribution is 7.13. The first-order valence-corrected chi connectivity index (χ1v) is 51.8. The van der Waals surface area contributed by atoms with Crippen molar-refractivity contribution in [1.82, 2.24) is 109 Å². The van der Waals surface area contributed by atoms with Gasteiger partial charge in [0.1, 0.15) is 68.6 Å². The molecule has 8 bridgehead atoms. The van der Waals surface area contributed by atoms with Crippen molar-refractivity contribution in [2.24, 2.45) is 94.7 Å². The fraction of sp³-hybridized carbons (Fsp3) is 0.426. The number of hydrogen-bond acceptors (Lipinski definition) is 22. The van der Waals surface area contributed by atoms with E-state index in [1.807, 2.05) is 23.1 Å². The predicted octanol–water partition coefficient (Wildman–Crippen LogP) is 20.3. The van der Waals surface area contributed by atoms with Crippen molar-refractivity contribution in [1.29, 1.82) is 0 Å². The number of hydrogen-bond donors (Lipinski definition) is 9. The molecule has 8 unspecified atom stereocenters. The first kappa shape index (κ1) is 99.8. The second-order valence-corrected chi connectivity index (χ2v) is 43.1. The van der Waals surface area contributed by atoms with Gasteiger partial charge in [-0.15, -0.1) is 11.3 Å². The molecule has 0 amide bonds. The van der Waals surface area contributed by atoms with Crippen molar-refractivity contribution >= 4 is 85.3 Å². The predicted molar refractivity (Wildman–Crippen MR) is 532 cm³/mol. The summed E-state index contributed by atoms with van der Waals surface area (Å²) in [6.07, 6.45) is 37.9. The first-order chi connectivity index (χ1) is 72.3. The van der Waals surface area contributed by atoms with Crippen molar-refractivity contribution in [2.75, 3.05) is 13.7 Å². The van der Waals surface area contributed by atoms with Gasteiger partial charge in [-0.1, -0.05) is 0 Å². The Hall–Kier alpha value is -14.8. The highest BCUT2D eigenvalue weighted by Crippen LogP contribution is 2.56. The highest BCUT2D eigenvalue weighted by atomic mass is 32.1. The van der Waals surface area contributed by atoms with Crippen molar-refractivity contribution in [3.8, 4) is 89.9 Å². The number of aliphatic carboxylic acids is 5. The normalized spacial score (nSPS) is 23.5. The van der Waals surface area contributed by atoms with Crippen LogP contribution in [0.15, 0.2) is 122 Å². The third-order valence-corrected chi connectivity index (χ3v) is 34.3. The molecule has 13 fully saturated rings. The number of carboxylic acids is 5. The summed E-state index contributed by atoms with van der Waals surface area (Å²) in [4.78, 5) is 126. The van der Waals surface area contributed by atoms with Crippen molar-refractivity contribution in [2.45, 2.75) is 180 Å². The molecule has 0 radical (unpaired) electrons. The van der Waals surface area contributed by atoms with E-state index in [2.05, 4.69) is 95.0 Å². The molecule has 13 aliphatic rings. The summed E-state index contributed by atoms with van der Waals surface area (Å²) in [6.45, 7) is 5.81. The zero-order chi connectivity index (χ0) is 104. The largest absolute Gasteiger partial charge is 0.481 e. The Bertz CT molecular complexity index is 7920. The molecule has 0 aromatic carbocycles. The molecule has 0 aliphatic heterocycles. The third kappa shape index (κ3) is 19.2. The second kappa shape index (κ2) is 40.6. The average Bonchev–Trinajstić information content (AvgIpc) is 1.23. The van der Waals surface area contributed by atoms with Crippen LogP contribution in [-0.2, 0) is 66.5 Å². The molecule has 13 saturated carbocycles. The number of pyridine rings is 4. The molecular weight excluding hydrogens is 1970 g/mol. The SMILES string of the molecule is CC(C)(C(=O)O)n1cc(-c2nc(-c3c[nH]c4ncc(F)cc34)nc(CC3C4CCC(CC4)C3C(=O)O)c2F)cn1.COCCn1cc(-c2nc(-c3c[nH]c4ncc(F)cc34)nc(CC3C4CCC(CC4)C3C(=O)O)c2F)cn1.Cc1csc(-c2nc(-c3c[nH]c4ncc(F)cc34)nc(CC3C4CCC(CC4)C3C(=O)O)c2F)c1.O=C(O)C1C2CCC(CC2)C1Cc1nc(-c2c[nH]c3ncc(F)cc23)nc(-c2cnn(C3CC3)c2)c1F. The molecule has 0 saturated heterocycles. The zero-order valence-corrected chi connectivity index (χ0v) is 82.8. The molecule has 16 aromatic heterocycles. The molecule has 8 atom stereocenters. The summed E-state index contributed by atoms with van der Waals surface area (Å²) in [5.41, 5.74) is 5.53. The number of ether oxygens (including phenoxy) is 1. The van der Waals surface area contributed by atoms with Crippen LogP contribution in [0.3, 0.4) is 0 Å². The number of aromatic nitrogens is 22. The second-order valence-electron chi connectivity index (χ2n) is 42.2. The van der Waals surface area contributed by atoms with Gasteiger partial charge in [0, 0.05) is 111 Å². The number of halogens is 8. The number of carboxylic acid groups (broad SMARTS) is 5. The van der Waals surface area contributed by atoms with Crippen LogP contribution < -0.4 is 0 Å². The van der Waals surface area contributed by atoms with E-state index in [1.165, 1.54) is 72.7 Å². The third-order valence-electron chi connectivity index (χ3n) is 33.2. The Labute approximate surface area is 855 Å².